The molecule has 0 radical (unpaired) electrons. The van der Waals surface area contributed by atoms with E-state index in [1.54, 1.807) is 12.1 Å². The van der Waals surface area contributed by atoms with Crippen LogP contribution in [0.4, 0.5) is 9.18 Å². The van der Waals surface area contributed by atoms with Crippen molar-refractivity contribution in [2.24, 2.45) is 5.92 Å². The van der Waals surface area contributed by atoms with E-state index in [0.29, 0.717) is 19.6 Å². The van der Waals surface area contributed by atoms with Gasteiger partial charge in [0.05, 0.1) is 17.4 Å². The molecule has 0 aromatic heterocycles. The minimum absolute atomic E-state index is 0.0819. The van der Waals surface area contributed by atoms with Crippen LogP contribution >= 0.6 is 11.8 Å². The number of thioether (sulfide) groups is 1. The van der Waals surface area contributed by atoms with Crippen molar-refractivity contribution in [2.75, 3.05) is 26.3 Å². The van der Waals surface area contributed by atoms with Crippen LogP contribution in [-0.2, 0) is 14.3 Å². The first-order chi connectivity index (χ1) is 12.1. The zero-order chi connectivity index (χ0) is 17.8. The van der Waals surface area contributed by atoms with Crippen LogP contribution in [0.25, 0.3) is 6.08 Å². The second-order valence-electron chi connectivity index (χ2n) is 5.71. The first-order valence-corrected chi connectivity index (χ1v) is 8.73. The van der Waals surface area contributed by atoms with E-state index in [1.807, 2.05) is 0 Å². The lowest BCUT2D eigenvalue weighted by Gasteiger charge is -2.14. The monoisotopic (exact) mass is 364 g/mol. The molecule has 1 aromatic rings. The molecule has 1 N–H and O–H groups in total. The largest absolute Gasteiger partial charge is 0.381 e. The van der Waals surface area contributed by atoms with Gasteiger partial charge in [-0.2, -0.15) is 0 Å². The molecule has 0 saturated carbocycles. The second kappa shape index (κ2) is 7.79. The SMILES string of the molecule is O=C(NCCN1C(=O)S/C(=C\c2ccccc2F)C1=O)C1CCOC1. The summed E-state index contributed by atoms with van der Waals surface area (Å²) < 4.78 is 18.8. The van der Waals surface area contributed by atoms with E-state index >= 15 is 0 Å². The van der Waals surface area contributed by atoms with Crippen LogP contribution in [0.3, 0.4) is 0 Å². The average Bonchev–Trinajstić information content (AvgIpc) is 3.21. The quantitative estimate of drug-likeness (QED) is 0.809. The smallest absolute Gasteiger partial charge is 0.293 e. The molecule has 6 nitrogen and oxygen atoms in total. The Balaban J connectivity index is 1.58. The minimum atomic E-state index is -0.475. The van der Waals surface area contributed by atoms with Crippen molar-refractivity contribution in [1.82, 2.24) is 10.2 Å². The van der Waals surface area contributed by atoms with E-state index in [-0.39, 0.29) is 35.4 Å². The van der Waals surface area contributed by atoms with Gasteiger partial charge in [0, 0.05) is 25.3 Å². The van der Waals surface area contributed by atoms with Crippen LogP contribution < -0.4 is 5.32 Å². The fourth-order valence-electron chi connectivity index (χ4n) is 2.60. The highest BCUT2D eigenvalue weighted by molar-refractivity contribution is 8.18. The molecule has 0 bridgehead atoms. The third kappa shape index (κ3) is 4.08. The number of ether oxygens (including phenoxy) is 1. The second-order valence-corrected chi connectivity index (χ2v) is 6.70. The van der Waals surface area contributed by atoms with E-state index < -0.39 is 17.0 Å². The third-order valence-electron chi connectivity index (χ3n) is 4.00. The highest BCUT2D eigenvalue weighted by Gasteiger charge is 2.35. The fourth-order valence-corrected chi connectivity index (χ4v) is 3.46. The molecule has 3 amide bonds. The third-order valence-corrected chi connectivity index (χ3v) is 4.91. The van der Waals surface area contributed by atoms with Crippen molar-refractivity contribution in [3.8, 4) is 0 Å². The number of halogens is 1. The summed E-state index contributed by atoms with van der Waals surface area (Å²) in [4.78, 5) is 37.4. The molecule has 2 aliphatic rings. The van der Waals surface area contributed by atoms with Crippen LogP contribution in [0.2, 0.25) is 0 Å². The number of amides is 3. The van der Waals surface area contributed by atoms with Crippen LogP contribution in [0.5, 0.6) is 0 Å². The number of hydrogen-bond acceptors (Lipinski definition) is 5. The Labute approximate surface area is 148 Å². The van der Waals surface area contributed by atoms with E-state index in [0.717, 1.165) is 16.7 Å². The van der Waals surface area contributed by atoms with Gasteiger partial charge in [0.15, 0.2) is 0 Å². The summed E-state index contributed by atoms with van der Waals surface area (Å²) in [6.45, 7) is 1.24. The predicted octanol–water partition coefficient (Wildman–Crippen LogP) is 2.01. The highest BCUT2D eigenvalue weighted by atomic mass is 32.2. The number of hydrogen-bond donors (Lipinski definition) is 1. The number of benzene rings is 1. The Morgan fingerprint density at radius 2 is 2.20 bits per heavy atom. The average molecular weight is 364 g/mol. The van der Waals surface area contributed by atoms with Gasteiger partial charge in [-0.3, -0.25) is 19.3 Å². The summed E-state index contributed by atoms with van der Waals surface area (Å²) >= 11 is 0.769. The van der Waals surface area contributed by atoms with E-state index in [1.165, 1.54) is 18.2 Å². The standard InChI is InChI=1S/C17H17FN2O4S/c18-13-4-2-1-3-11(13)9-14-16(22)20(17(23)25-14)7-6-19-15(21)12-5-8-24-10-12/h1-4,9,12H,5-8,10H2,(H,19,21)/b14-9-. The van der Waals surface area contributed by atoms with E-state index in [4.69, 9.17) is 4.74 Å². The number of nitrogens with zero attached hydrogens (tertiary/aromatic N) is 1. The maximum absolute atomic E-state index is 13.7. The maximum Gasteiger partial charge on any atom is 0.293 e. The lowest BCUT2D eigenvalue weighted by molar-refractivity contribution is -0.126. The first kappa shape index (κ1) is 17.6. The summed E-state index contributed by atoms with van der Waals surface area (Å²) in [6.07, 6.45) is 2.05. The van der Waals surface area contributed by atoms with Crippen molar-refractivity contribution < 1.29 is 23.5 Å². The molecule has 0 spiro atoms. The van der Waals surface area contributed by atoms with Crippen molar-refractivity contribution in [2.45, 2.75) is 6.42 Å². The normalized spacial score (nSPS) is 22.0. The lowest BCUT2D eigenvalue weighted by Crippen LogP contribution is -2.39. The minimum Gasteiger partial charge on any atom is -0.381 e. The Morgan fingerprint density at radius 1 is 1.40 bits per heavy atom. The highest BCUT2D eigenvalue weighted by Crippen LogP contribution is 2.32. The summed E-state index contributed by atoms with van der Waals surface area (Å²) in [7, 11) is 0. The van der Waals surface area contributed by atoms with Crippen LogP contribution in [0.15, 0.2) is 29.2 Å². The van der Waals surface area contributed by atoms with Gasteiger partial charge < -0.3 is 10.1 Å². The molecule has 132 valence electrons. The van der Waals surface area contributed by atoms with Gasteiger partial charge in [0.1, 0.15) is 5.82 Å². The van der Waals surface area contributed by atoms with Crippen molar-refractivity contribution >= 4 is 34.9 Å². The molecule has 2 saturated heterocycles. The van der Waals surface area contributed by atoms with Gasteiger partial charge in [0.2, 0.25) is 5.91 Å². The summed E-state index contributed by atoms with van der Waals surface area (Å²) in [5.74, 6) is -1.24. The van der Waals surface area contributed by atoms with Gasteiger partial charge >= 0.3 is 0 Å². The Hall–Kier alpha value is -2.19. The fraction of sp³-hybridized carbons (Fsp3) is 0.353. The molecule has 0 aliphatic carbocycles. The molecule has 1 aromatic carbocycles. The Kier molecular flexibility index (Phi) is 5.50. The topological polar surface area (TPSA) is 75.7 Å². The summed E-state index contributed by atoms with van der Waals surface area (Å²) in [6, 6.07) is 6.03. The molecular formula is C17H17FN2O4S. The number of nitrogens with one attached hydrogen (secondary N) is 1. The van der Waals surface area contributed by atoms with Crippen molar-refractivity contribution in [1.29, 1.82) is 0 Å². The predicted molar refractivity (Wildman–Crippen MR) is 91.0 cm³/mol. The molecule has 2 heterocycles. The molecule has 3 rings (SSSR count). The maximum atomic E-state index is 13.7. The number of carbonyl (C=O) groups is 3. The molecule has 2 fully saturated rings. The number of carbonyl (C=O) groups excluding carboxylic acids is 3. The van der Waals surface area contributed by atoms with Gasteiger partial charge in [0.25, 0.3) is 11.1 Å². The Bertz CT molecular complexity index is 731. The van der Waals surface area contributed by atoms with E-state index in [2.05, 4.69) is 5.32 Å². The number of rotatable bonds is 5. The van der Waals surface area contributed by atoms with Gasteiger partial charge in [-0.05, 0) is 30.3 Å². The van der Waals surface area contributed by atoms with E-state index in [9.17, 15) is 18.8 Å². The van der Waals surface area contributed by atoms with Gasteiger partial charge in [-0.15, -0.1) is 0 Å². The molecule has 1 unspecified atom stereocenters. The Morgan fingerprint density at radius 3 is 2.92 bits per heavy atom. The summed E-state index contributed by atoms with van der Waals surface area (Å²) in [5, 5.41) is 2.29. The van der Waals surface area contributed by atoms with Gasteiger partial charge in [-0.25, -0.2) is 4.39 Å². The first-order valence-electron chi connectivity index (χ1n) is 7.91. The zero-order valence-corrected chi connectivity index (χ0v) is 14.2. The number of imide groups is 1. The summed E-state index contributed by atoms with van der Waals surface area (Å²) in [5.41, 5.74) is 0.252. The van der Waals surface area contributed by atoms with Crippen LogP contribution in [-0.4, -0.2) is 48.3 Å². The van der Waals surface area contributed by atoms with Crippen LogP contribution in [0.1, 0.15) is 12.0 Å². The van der Waals surface area contributed by atoms with Crippen molar-refractivity contribution in [3.63, 3.8) is 0 Å². The molecule has 2 aliphatic heterocycles. The van der Waals surface area contributed by atoms with Gasteiger partial charge in [-0.1, -0.05) is 18.2 Å². The zero-order valence-electron chi connectivity index (χ0n) is 13.4. The van der Waals surface area contributed by atoms with Crippen molar-refractivity contribution in [3.05, 3.63) is 40.6 Å². The molecule has 8 heteroatoms. The molecular weight excluding hydrogens is 347 g/mol. The van der Waals surface area contributed by atoms with Crippen LogP contribution in [0, 0.1) is 11.7 Å². The molecule has 25 heavy (non-hydrogen) atoms. The molecule has 1 atom stereocenters. The lowest BCUT2D eigenvalue weighted by atomic mass is 10.1.